The van der Waals surface area contributed by atoms with Crippen molar-refractivity contribution in [3.63, 3.8) is 0 Å². The number of nitrogen functional groups attached to an aromatic ring is 1. The second-order valence-corrected chi connectivity index (χ2v) is 9.13. The SMILES string of the molecule is CN(C)c1ccc2nc(-c3ccc(F)cc3)ccc2c1.Nc1ccc2nc(-c3ccc(F)cc3)ccc2c1. The maximum absolute atomic E-state index is 13.0. The van der Waals surface area contributed by atoms with Gasteiger partial charge in [0, 0.05) is 47.4 Å². The Balaban J connectivity index is 0.000000156. The molecular formula is C32H26F2N4. The molecule has 0 radical (unpaired) electrons. The fourth-order valence-corrected chi connectivity index (χ4v) is 4.10. The Morgan fingerprint density at radius 2 is 1.03 bits per heavy atom. The Morgan fingerprint density at radius 3 is 1.53 bits per heavy atom. The molecule has 38 heavy (non-hydrogen) atoms. The van der Waals surface area contributed by atoms with Crippen molar-refractivity contribution in [1.82, 2.24) is 9.97 Å². The summed E-state index contributed by atoms with van der Waals surface area (Å²) in [5, 5.41) is 2.10. The predicted octanol–water partition coefficient (Wildman–Crippen LogP) is 7.73. The third kappa shape index (κ3) is 5.60. The molecule has 2 heterocycles. The monoisotopic (exact) mass is 504 g/mol. The van der Waals surface area contributed by atoms with Crippen LogP contribution < -0.4 is 10.6 Å². The third-order valence-electron chi connectivity index (χ3n) is 6.18. The number of anilines is 2. The number of nitrogens with two attached hydrogens (primary N) is 1. The van der Waals surface area contributed by atoms with Crippen molar-refractivity contribution in [3.8, 4) is 22.5 Å². The van der Waals surface area contributed by atoms with E-state index in [2.05, 4.69) is 20.9 Å². The van der Waals surface area contributed by atoms with Crippen LogP contribution in [0.3, 0.4) is 0 Å². The van der Waals surface area contributed by atoms with E-state index in [0.717, 1.165) is 55.7 Å². The van der Waals surface area contributed by atoms with Gasteiger partial charge in [-0.25, -0.2) is 18.7 Å². The summed E-state index contributed by atoms with van der Waals surface area (Å²) in [4.78, 5) is 11.2. The number of hydrogen-bond donors (Lipinski definition) is 1. The van der Waals surface area contributed by atoms with Crippen LogP contribution in [0.15, 0.2) is 109 Å². The van der Waals surface area contributed by atoms with Gasteiger partial charge in [-0.15, -0.1) is 0 Å². The number of pyridine rings is 2. The molecule has 0 saturated carbocycles. The molecule has 6 rings (SSSR count). The Labute approximate surface area is 220 Å². The maximum atomic E-state index is 13.0. The van der Waals surface area contributed by atoms with Gasteiger partial charge in [0.2, 0.25) is 0 Å². The molecule has 0 fully saturated rings. The number of halogens is 2. The number of fused-ring (bicyclic) bond motifs is 2. The summed E-state index contributed by atoms with van der Waals surface area (Å²) in [6, 6.07) is 32.4. The van der Waals surface area contributed by atoms with E-state index in [-0.39, 0.29) is 11.6 Å². The van der Waals surface area contributed by atoms with E-state index in [1.165, 1.54) is 24.3 Å². The van der Waals surface area contributed by atoms with Crippen LogP contribution in [-0.2, 0) is 0 Å². The average Bonchev–Trinajstić information content (AvgIpc) is 2.93. The zero-order valence-corrected chi connectivity index (χ0v) is 21.1. The molecule has 0 aliphatic carbocycles. The standard InChI is InChI=1S/C17H15FN2.C15H11FN2/c1-20(2)15-8-10-17-13(11-15)5-9-16(19-17)12-3-6-14(18)7-4-12;16-12-4-1-10(2-5-12)14-7-3-11-9-13(17)6-8-15(11)18-14/h3-11H,1-2H3;1-9H,17H2. The Bertz CT molecular complexity index is 1710. The van der Waals surface area contributed by atoms with Crippen LogP contribution in [0.25, 0.3) is 44.3 Å². The van der Waals surface area contributed by atoms with Gasteiger partial charge < -0.3 is 10.6 Å². The van der Waals surface area contributed by atoms with Crippen LogP contribution >= 0.6 is 0 Å². The van der Waals surface area contributed by atoms with E-state index in [4.69, 9.17) is 5.73 Å². The first-order valence-corrected chi connectivity index (χ1v) is 12.1. The molecule has 0 bridgehead atoms. The minimum Gasteiger partial charge on any atom is -0.399 e. The molecule has 188 valence electrons. The fourth-order valence-electron chi connectivity index (χ4n) is 4.10. The highest BCUT2D eigenvalue weighted by atomic mass is 19.1. The number of aromatic nitrogens is 2. The Hall–Kier alpha value is -4.84. The lowest BCUT2D eigenvalue weighted by atomic mass is 10.1. The summed E-state index contributed by atoms with van der Waals surface area (Å²) in [5.74, 6) is -0.475. The van der Waals surface area contributed by atoms with Gasteiger partial charge in [0.1, 0.15) is 11.6 Å². The summed E-state index contributed by atoms with van der Waals surface area (Å²) in [6.45, 7) is 0. The highest BCUT2D eigenvalue weighted by Crippen LogP contribution is 2.25. The van der Waals surface area contributed by atoms with Gasteiger partial charge in [-0.05, 0) is 97.1 Å². The molecule has 0 amide bonds. The van der Waals surface area contributed by atoms with Crippen LogP contribution in [0, 0.1) is 11.6 Å². The number of benzene rings is 4. The van der Waals surface area contributed by atoms with Gasteiger partial charge in [-0.1, -0.05) is 12.1 Å². The van der Waals surface area contributed by atoms with E-state index in [1.807, 2.05) is 68.7 Å². The lowest BCUT2D eigenvalue weighted by Gasteiger charge is -2.13. The molecule has 4 aromatic carbocycles. The molecule has 4 nitrogen and oxygen atoms in total. The first-order chi connectivity index (χ1) is 18.4. The van der Waals surface area contributed by atoms with E-state index >= 15 is 0 Å². The first-order valence-electron chi connectivity index (χ1n) is 12.1. The molecule has 2 aromatic heterocycles. The molecule has 2 N–H and O–H groups in total. The largest absolute Gasteiger partial charge is 0.399 e. The summed E-state index contributed by atoms with van der Waals surface area (Å²) in [7, 11) is 4.03. The first kappa shape index (κ1) is 24.8. The zero-order valence-electron chi connectivity index (χ0n) is 21.1. The van der Waals surface area contributed by atoms with Crippen molar-refractivity contribution in [2.24, 2.45) is 0 Å². The number of rotatable bonds is 3. The molecule has 0 aliphatic heterocycles. The third-order valence-corrected chi connectivity index (χ3v) is 6.18. The Kier molecular flexibility index (Phi) is 6.96. The number of nitrogens with zero attached hydrogens (tertiary/aromatic N) is 3. The van der Waals surface area contributed by atoms with Crippen molar-refractivity contribution >= 4 is 33.2 Å². The zero-order chi connectivity index (χ0) is 26.6. The van der Waals surface area contributed by atoms with E-state index in [1.54, 1.807) is 24.3 Å². The van der Waals surface area contributed by atoms with Gasteiger partial charge in [-0.2, -0.15) is 0 Å². The highest BCUT2D eigenvalue weighted by Gasteiger charge is 2.04. The molecule has 6 aromatic rings. The van der Waals surface area contributed by atoms with Crippen LogP contribution in [0.5, 0.6) is 0 Å². The van der Waals surface area contributed by atoms with E-state index in [0.29, 0.717) is 0 Å². The molecule has 0 saturated heterocycles. The van der Waals surface area contributed by atoms with Crippen molar-refractivity contribution in [2.45, 2.75) is 0 Å². The maximum Gasteiger partial charge on any atom is 0.123 e. The lowest BCUT2D eigenvalue weighted by Crippen LogP contribution is -2.08. The van der Waals surface area contributed by atoms with Crippen molar-refractivity contribution in [2.75, 3.05) is 24.7 Å². The van der Waals surface area contributed by atoms with Crippen molar-refractivity contribution in [1.29, 1.82) is 0 Å². The van der Waals surface area contributed by atoms with Crippen LogP contribution in [0.1, 0.15) is 0 Å². The van der Waals surface area contributed by atoms with Gasteiger partial charge in [-0.3, -0.25) is 0 Å². The molecule has 0 spiro atoms. The summed E-state index contributed by atoms with van der Waals surface area (Å²) in [6.07, 6.45) is 0. The minimum absolute atomic E-state index is 0.231. The van der Waals surface area contributed by atoms with E-state index in [9.17, 15) is 8.78 Å². The Morgan fingerprint density at radius 1 is 0.553 bits per heavy atom. The highest BCUT2D eigenvalue weighted by molar-refractivity contribution is 5.85. The molecule has 0 unspecified atom stereocenters. The summed E-state index contributed by atoms with van der Waals surface area (Å²) >= 11 is 0. The van der Waals surface area contributed by atoms with Crippen LogP contribution in [0.4, 0.5) is 20.2 Å². The van der Waals surface area contributed by atoms with Crippen LogP contribution in [0.2, 0.25) is 0 Å². The smallest absolute Gasteiger partial charge is 0.123 e. The van der Waals surface area contributed by atoms with Gasteiger partial charge in [0.25, 0.3) is 0 Å². The number of hydrogen-bond acceptors (Lipinski definition) is 4. The second-order valence-electron chi connectivity index (χ2n) is 9.13. The molecule has 0 aliphatic rings. The lowest BCUT2D eigenvalue weighted by molar-refractivity contribution is 0.627. The van der Waals surface area contributed by atoms with Gasteiger partial charge >= 0.3 is 0 Å². The van der Waals surface area contributed by atoms with Crippen LogP contribution in [-0.4, -0.2) is 24.1 Å². The van der Waals surface area contributed by atoms with E-state index < -0.39 is 0 Å². The molecule has 0 atom stereocenters. The molecule has 6 heteroatoms. The summed E-state index contributed by atoms with van der Waals surface area (Å²) in [5.41, 5.74) is 12.9. The minimum atomic E-state index is -0.243. The normalized spacial score (nSPS) is 10.7. The second kappa shape index (κ2) is 10.6. The fraction of sp³-hybridized carbons (Fsp3) is 0.0625. The van der Waals surface area contributed by atoms with Gasteiger partial charge in [0.15, 0.2) is 0 Å². The molecular weight excluding hydrogens is 478 g/mol. The summed E-state index contributed by atoms with van der Waals surface area (Å²) < 4.78 is 25.8. The predicted molar refractivity (Wildman–Crippen MR) is 153 cm³/mol. The average molecular weight is 505 g/mol. The van der Waals surface area contributed by atoms with Gasteiger partial charge in [0.05, 0.1) is 22.4 Å². The topological polar surface area (TPSA) is 55.0 Å². The van der Waals surface area contributed by atoms with Crippen molar-refractivity contribution < 1.29 is 8.78 Å². The quantitative estimate of drug-likeness (QED) is 0.251. The van der Waals surface area contributed by atoms with Crippen molar-refractivity contribution in [3.05, 3.63) is 121 Å².